The lowest BCUT2D eigenvalue weighted by molar-refractivity contribution is 0.288. The van der Waals surface area contributed by atoms with Crippen LogP contribution in [-0.2, 0) is 4.52 Å². The number of rotatable bonds is 7. The van der Waals surface area contributed by atoms with Gasteiger partial charge in [0.2, 0.25) is 0 Å². The third-order valence-corrected chi connectivity index (χ3v) is 5.83. The summed E-state index contributed by atoms with van der Waals surface area (Å²) < 4.78 is 5.81. The van der Waals surface area contributed by atoms with E-state index in [2.05, 4.69) is 61.4 Å². The van der Waals surface area contributed by atoms with Crippen LogP contribution >= 0.6 is 8.81 Å². The zero-order chi connectivity index (χ0) is 17.1. The minimum atomic E-state index is 0.306. The van der Waals surface area contributed by atoms with Crippen molar-refractivity contribution in [1.82, 2.24) is 0 Å². The maximum absolute atomic E-state index is 5.81. The van der Waals surface area contributed by atoms with Gasteiger partial charge in [0.05, 0.1) is 8.81 Å². The summed E-state index contributed by atoms with van der Waals surface area (Å²) in [5.74, 6) is 2.90. The van der Waals surface area contributed by atoms with Crippen molar-refractivity contribution >= 4 is 8.81 Å². The highest BCUT2D eigenvalue weighted by molar-refractivity contribution is 7.31. The molecule has 0 amide bonds. The van der Waals surface area contributed by atoms with Crippen LogP contribution in [-0.4, -0.2) is 6.66 Å². The van der Waals surface area contributed by atoms with Gasteiger partial charge < -0.3 is 4.52 Å². The summed E-state index contributed by atoms with van der Waals surface area (Å²) in [6, 6.07) is 0. The van der Waals surface area contributed by atoms with Crippen LogP contribution in [0.4, 0.5) is 0 Å². The van der Waals surface area contributed by atoms with Gasteiger partial charge >= 0.3 is 0 Å². The van der Waals surface area contributed by atoms with E-state index in [1.807, 2.05) is 0 Å². The van der Waals surface area contributed by atoms with Crippen molar-refractivity contribution in [2.45, 2.75) is 60.8 Å². The summed E-state index contributed by atoms with van der Waals surface area (Å²) in [7, 11) is 0.501. The van der Waals surface area contributed by atoms with Crippen molar-refractivity contribution in [3.05, 3.63) is 35.6 Å². The van der Waals surface area contributed by atoms with Gasteiger partial charge in [0, 0.05) is 0 Å². The maximum atomic E-state index is 5.81. The molecule has 4 atom stereocenters. The van der Waals surface area contributed by atoms with Crippen LogP contribution in [0.25, 0.3) is 0 Å². The first-order valence-electron chi connectivity index (χ1n) is 8.49. The van der Waals surface area contributed by atoms with E-state index in [1.165, 1.54) is 23.1 Å². The van der Waals surface area contributed by atoms with Crippen molar-refractivity contribution < 1.29 is 4.52 Å². The van der Waals surface area contributed by atoms with Gasteiger partial charge in [-0.2, -0.15) is 0 Å². The molecular formula is C20H35OP. The Morgan fingerprint density at radius 3 is 2.45 bits per heavy atom. The van der Waals surface area contributed by atoms with Gasteiger partial charge in [0.15, 0.2) is 0 Å². The summed E-state index contributed by atoms with van der Waals surface area (Å²) in [6.45, 7) is 24.4. The summed E-state index contributed by atoms with van der Waals surface area (Å²) in [4.78, 5) is 0. The Labute approximate surface area is 140 Å². The van der Waals surface area contributed by atoms with E-state index in [1.54, 1.807) is 0 Å². The number of hydrogen-bond donors (Lipinski definition) is 0. The molecule has 2 heteroatoms. The molecular weight excluding hydrogens is 287 g/mol. The van der Waals surface area contributed by atoms with Crippen molar-refractivity contribution in [1.29, 1.82) is 0 Å². The normalized spacial score (nSPS) is 22.5. The third kappa shape index (κ3) is 4.72. The standard InChI is InChI=1S/C20H35OP/c1-13(17(5)20(6,7)8)10-11-14(2)18-12-15(3)19(16(18)4)21-22-9/h14,17-18,22H,1,3,10-12H2,2,4-9H3. The smallest absolute Gasteiger partial charge is 0.124 e. The minimum Gasteiger partial charge on any atom is -0.477 e. The maximum Gasteiger partial charge on any atom is 0.124 e. The molecule has 0 fully saturated rings. The van der Waals surface area contributed by atoms with Crippen molar-refractivity contribution in [3.8, 4) is 0 Å². The summed E-state index contributed by atoms with van der Waals surface area (Å²) in [6.07, 6.45) is 3.39. The lowest BCUT2D eigenvalue weighted by Gasteiger charge is -2.30. The second-order valence-electron chi connectivity index (χ2n) is 7.99. The van der Waals surface area contributed by atoms with Gasteiger partial charge in [-0.05, 0) is 67.2 Å². The van der Waals surface area contributed by atoms with Crippen LogP contribution in [0.15, 0.2) is 35.6 Å². The molecule has 126 valence electrons. The van der Waals surface area contributed by atoms with Crippen LogP contribution in [0, 0.1) is 23.2 Å². The van der Waals surface area contributed by atoms with Gasteiger partial charge in [-0.3, -0.25) is 0 Å². The van der Waals surface area contributed by atoms with Gasteiger partial charge in [0.1, 0.15) is 5.76 Å². The van der Waals surface area contributed by atoms with Crippen LogP contribution in [0.3, 0.4) is 0 Å². The largest absolute Gasteiger partial charge is 0.477 e. The van der Waals surface area contributed by atoms with Gasteiger partial charge in [-0.25, -0.2) is 0 Å². The number of allylic oxidation sites excluding steroid dienone is 3. The highest BCUT2D eigenvalue weighted by Gasteiger charge is 2.31. The molecule has 0 radical (unpaired) electrons. The fourth-order valence-corrected chi connectivity index (χ4v) is 3.79. The lowest BCUT2D eigenvalue weighted by atomic mass is 9.75. The fourth-order valence-electron chi connectivity index (χ4n) is 3.28. The molecule has 22 heavy (non-hydrogen) atoms. The van der Waals surface area contributed by atoms with Gasteiger partial charge in [-0.15, -0.1) is 0 Å². The SMILES string of the molecule is C=C1CC(C(C)CCC(=C)C(C)C(C)(C)C)C(C)=C1OPC. The first kappa shape index (κ1) is 19.5. The van der Waals surface area contributed by atoms with Crippen molar-refractivity contribution in [3.63, 3.8) is 0 Å². The Kier molecular flexibility index (Phi) is 6.93. The molecule has 1 nitrogen and oxygen atoms in total. The zero-order valence-electron chi connectivity index (χ0n) is 15.7. The molecule has 4 unspecified atom stereocenters. The van der Waals surface area contributed by atoms with Crippen molar-refractivity contribution in [2.75, 3.05) is 6.66 Å². The van der Waals surface area contributed by atoms with Crippen LogP contribution in [0.1, 0.15) is 60.8 Å². The highest BCUT2D eigenvalue weighted by atomic mass is 31.1. The highest BCUT2D eigenvalue weighted by Crippen LogP contribution is 2.43. The molecule has 0 saturated heterocycles. The Balaban J connectivity index is 2.62. The second-order valence-corrected chi connectivity index (χ2v) is 8.61. The Hall–Kier alpha value is -0.550. The summed E-state index contributed by atoms with van der Waals surface area (Å²) in [5, 5.41) is 0. The van der Waals surface area contributed by atoms with E-state index in [-0.39, 0.29) is 0 Å². The molecule has 0 aromatic heterocycles. The third-order valence-electron chi connectivity index (χ3n) is 5.42. The van der Waals surface area contributed by atoms with E-state index < -0.39 is 0 Å². The summed E-state index contributed by atoms with van der Waals surface area (Å²) in [5.41, 5.74) is 4.29. The molecule has 1 rings (SSSR count). The van der Waals surface area contributed by atoms with E-state index >= 15 is 0 Å². The van der Waals surface area contributed by atoms with E-state index in [0.717, 1.165) is 18.6 Å². The molecule has 0 heterocycles. The second kappa shape index (κ2) is 7.82. The van der Waals surface area contributed by atoms with Crippen LogP contribution < -0.4 is 0 Å². The molecule has 1 aliphatic rings. The van der Waals surface area contributed by atoms with Crippen molar-refractivity contribution in [2.24, 2.45) is 23.2 Å². The first-order chi connectivity index (χ1) is 10.1. The molecule has 0 aliphatic heterocycles. The van der Waals surface area contributed by atoms with Crippen LogP contribution in [0.5, 0.6) is 0 Å². The monoisotopic (exact) mass is 322 g/mol. The predicted octanol–water partition coefficient (Wildman–Crippen LogP) is 6.73. The zero-order valence-corrected chi connectivity index (χ0v) is 16.7. The molecule has 0 N–H and O–H groups in total. The average Bonchev–Trinajstić information content (AvgIpc) is 2.71. The molecule has 1 aliphatic carbocycles. The Morgan fingerprint density at radius 1 is 1.36 bits per heavy atom. The number of hydrogen-bond acceptors (Lipinski definition) is 1. The predicted molar refractivity (Wildman–Crippen MR) is 101 cm³/mol. The van der Waals surface area contributed by atoms with E-state index in [9.17, 15) is 0 Å². The molecule has 0 spiro atoms. The Bertz CT molecular complexity index is 453. The molecule has 0 saturated carbocycles. The molecule has 0 aromatic carbocycles. The molecule has 0 aromatic rings. The topological polar surface area (TPSA) is 9.23 Å². The average molecular weight is 322 g/mol. The first-order valence-corrected chi connectivity index (χ1v) is 9.90. The van der Waals surface area contributed by atoms with Crippen LogP contribution in [0.2, 0.25) is 0 Å². The van der Waals surface area contributed by atoms with E-state index in [0.29, 0.717) is 32.0 Å². The quantitative estimate of drug-likeness (QED) is 0.373. The molecule has 0 bridgehead atoms. The minimum absolute atomic E-state index is 0.306. The van der Waals surface area contributed by atoms with Gasteiger partial charge in [0.25, 0.3) is 0 Å². The van der Waals surface area contributed by atoms with Gasteiger partial charge in [-0.1, -0.05) is 53.3 Å². The fraction of sp³-hybridized carbons (Fsp3) is 0.700. The lowest BCUT2D eigenvalue weighted by Crippen LogP contribution is -2.20. The van der Waals surface area contributed by atoms with E-state index in [4.69, 9.17) is 4.52 Å². The Morgan fingerprint density at radius 2 is 1.95 bits per heavy atom. The summed E-state index contributed by atoms with van der Waals surface area (Å²) >= 11 is 0.